The van der Waals surface area contributed by atoms with E-state index in [1.165, 1.54) is 0 Å². The van der Waals surface area contributed by atoms with E-state index >= 15 is 0 Å². The summed E-state index contributed by atoms with van der Waals surface area (Å²) < 4.78 is 0. The van der Waals surface area contributed by atoms with Gasteiger partial charge in [0.05, 0.1) is 0 Å². The van der Waals surface area contributed by atoms with Crippen molar-refractivity contribution in [2.45, 2.75) is 38.8 Å². The lowest BCUT2D eigenvalue weighted by Gasteiger charge is -2.21. The second kappa shape index (κ2) is 6.58. The standard InChI is InChI=1S/C12H23N3O3/c1-4-8(2)10(11(16)17)14-12(18)13-9-5-6-15(3)7-9/h8-10H,4-7H2,1-3H3,(H,16,17)(H2,13,14,18)/t8-,9?,10-/m0/s1. The maximum Gasteiger partial charge on any atom is 0.326 e. The van der Waals surface area contributed by atoms with Crippen molar-refractivity contribution < 1.29 is 14.7 Å². The van der Waals surface area contributed by atoms with Gasteiger partial charge in [-0.05, 0) is 25.9 Å². The maximum atomic E-state index is 11.7. The number of aliphatic carboxylic acids is 1. The topological polar surface area (TPSA) is 81.7 Å². The Balaban J connectivity index is 2.44. The zero-order valence-corrected chi connectivity index (χ0v) is 11.3. The summed E-state index contributed by atoms with van der Waals surface area (Å²) in [7, 11) is 2.00. The third kappa shape index (κ3) is 4.18. The molecule has 1 rings (SSSR count). The van der Waals surface area contributed by atoms with Gasteiger partial charge in [0, 0.05) is 12.6 Å². The largest absolute Gasteiger partial charge is 0.480 e. The Labute approximate surface area is 108 Å². The van der Waals surface area contributed by atoms with Gasteiger partial charge >= 0.3 is 12.0 Å². The Morgan fingerprint density at radius 2 is 2.17 bits per heavy atom. The van der Waals surface area contributed by atoms with Crippen molar-refractivity contribution in [3.63, 3.8) is 0 Å². The zero-order chi connectivity index (χ0) is 13.7. The van der Waals surface area contributed by atoms with Gasteiger partial charge in [0.2, 0.25) is 0 Å². The van der Waals surface area contributed by atoms with Crippen LogP contribution in [0, 0.1) is 5.92 Å². The van der Waals surface area contributed by atoms with Crippen LogP contribution in [0.25, 0.3) is 0 Å². The van der Waals surface area contributed by atoms with Crippen LogP contribution in [0.4, 0.5) is 4.79 Å². The minimum absolute atomic E-state index is 0.0838. The van der Waals surface area contributed by atoms with E-state index in [4.69, 9.17) is 5.11 Å². The minimum Gasteiger partial charge on any atom is -0.480 e. The molecule has 104 valence electrons. The van der Waals surface area contributed by atoms with E-state index < -0.39 is 12.0 Å². The number of hydrogen-bond donors (Lipinski definition) is 3. The summed E-state index contributed by atoms with van der Waals surface area (Å²) in [5.41, 5.74) is 0. The van der Waals surface area contributed by atoms with Gasteiger partial charge in [0.25, 0.3) is 0 Å². The molecule has 0 bridgehead atoms. The molecule has 1 heterocycles. The van der Waals surface area contributed by atoms with Crippen LogP contribution in [0.5, 0.6) is 0 Å². The Morgan fingerprint density at radius 1 is 1.50 bits per heavy atom. The molecule has 1 unspecified atom stereocenters. The number of carbonyl (C=O) groups excluding carboxylic acids is 1. The average molecular weight is 257 g/mol. The van der Waals surface area contributed by atoms with Crippen molar-refractivity contribution >= 4 is 12.0 Å². The van der Waals surface area contributed by atoms with Crippen molar-refractivity contribution in [2.24, 2.45) is 5.92 Å². The van der Waals surface area contributed by atoms with E-state index in [1.54, 1.807) is 0 Å². The first kappa shape index (κ1) is 14.8. The Kier molecular flexibility index (Phi) is 5.40. The van der Waals surface area contributed by atoms with Crippen LogP contribution in [-0.2, 0) is 4.79 Å². The van der Waals surface area contributed by atoms with Gasteiger partial charge in [-0.3, -0.25) is 0 Å². The van der Waals surface area contributed by atoms with E-state index in [0.29, 0.717) is 6.42 Å². The SMILES string of the molecule is CC[C@H](C)[C@H](NC(=O)NC1CCN(C)C1)C(=O)O. The summed E-state index contributed by atoms with van der Waals surface area (Å²) in [5, 5.41) is 14.4. The Bertz CT molecular complexity index is 309. The monoisotopic (exact) mass is 257 g/mol. The molecule has 3 N–H and O–H groups in total. The molecule has 0 saturated carbocycles. The fourth-order valence-corrected chi connectivity index (χ4v) is 2.10. The molecule has 0 radical (unpaired) electrons. The molecule has 2 amide bonds. The lowest BCUT2D eigenvalue weighted by molar-refractivity contribution is -0.140. The first-order valence-corrected chi connectivity index (χ1v) is 6.42. The number of nitrogens with one attached hydrogen (secondary N) is 2. The van der Waals surface area contributed by atoms with Crippen LogP contribution in [0.1, 0.15) is 26.7 Å². The van der Waals surface area contributed by atoms with Crippen LogP contribution < -0.4 is 10.6 Å². The quantitative estimate of drug-likeness (QED) is 0.669. The molecule has 6 heteroatoms. The summed E-state index contributed by atoms with van der Waals surface area (Å²) in [6, 6.07) is -1.10. The maximum absolute atomic E-state index is 11.7. The lowest BCUT2D eigenvalue weighted by Crippen LogP contribution is -2.51. The third-order valence-corrected chi connectivity index (χ3v) is 3.49. The van der Waals surface area contributed by atoms with E-state index in [9.17, 15) is 9.59 Å². The predicted molar refractivity (Wildman–Crippen MR) is 68.4 cm³/mol. The number of likely N-dealkylation sites (tertiary alicyclic amines) is 1. The molecule has 0 aromatic heterocycles. The number of rotatable bonds is 5. The van der Waals surface area contributed by atoms with Crippen LogP contribution in [0.15, 0.2) is 0 Å². The normalized spacial score (nSPS) is 23.4. The number of likely N-dealkylation sites (N-methyl/N-ethyl adjacent to an activating group) is 1. The molecule has 0 aromatic rings. The zero-order valence-electron chi connectivity index (χ0n) is 11.3. The fourth-order valence-electron chi connectivity index (χ4n) is 2.10. The number of urea groups is 1. The summed E-state index contributed by atoms with van der Waals surface area (Å²) in [5.74, 6) is -1.07. The third-order valence-electron chi connectivity index (χ3n) is 3.49. The van der Waals surface area contributed by atoms with Gasteiger partial charge in [-0.2, -0.15) is 0 Å². The Hall–Kier alpha value is -1.30. The van der Waals surface area contributed by atoms with E-state index in [1.807, 2.05) is 20.9 Å². The van der Waals surface area contributed by atoms with Crippen molar-refractivity contribution in [1.82, 2.24) is 15.5 Å². The molecule has 0 spiro atoms. The highest BCUT2D eigenvalue weighted by atomic mass is 16.4. The highest BCUT2D eigenvalue weighted by molar-refractivity contribution is 5.82. The van der Waals surface area contributed by atoms with E-state index in [-0.39, 0.29) is 18.0 Å². The molecule has 1 aliphatic heterocycles. The first-order chi connectivity index (χ1) is 8.43. The summed E-state index contributed by atoms with van der Waals surface area (Å²) in [6.45, 7) is 5.50. The molecule has 0 aliphatic carbocycles. The number of carboxylic acid groups (broad SMARTS) is 1. The number of hydrogen-bond acceptors (Lipinski definition) is 3. The van der Waals surface area contributed by atoms with Crippen LogP contribution in [0.2, 0.25) is 0 Å². The number of carbonyl (C=O) groups is 2. The molecule has 18 heavy (non-hydrogen) atoms. The number of carboxylic acids is 1. The predicted octanol–water partition coefficient (Wildman–Crippen LogP) is 0.489. The highest BCUT2D eigenvalue weighted by Gasteiger charge is 2.27. The number of nitrogens with zero attached hydrogens (tertiary/aromatic N) is 1. The van der Waals surface area contributed by atoms with Gasteiger partial charge in [0.15, 0.2) is 0 Å². The average Bonchev–Trinajstić information content (AvgIpc) is 2.70. The van der Waals surface area contributed by atoms with E-state index in [0.717, 1.165) is 19.5 Å². The van der Waals surface area contributed by atoms with Gasteiger partial charge in [-0.15, -0.1) is 0 Å². The van der Waals surface area contributed by atoms with Gasteiger partial charge in [-0.25, -0.2) is 9.59 Å². The van der Waals surface area contributed by atoms with Crippen LogP contribution in [0.3, 0.4) is 0 Å². The summed E-state index contributed by atoms with van der Waals surface area (Å²) in [4.78, 5) is 24.9. The molecular formula is C12H23N3O3. The van der Waals surface area contributed by atoms with Crippen LogP contribution in [-0.4, -0.2) is 54.2 Å². The van der Waals surface area contributed by atoms with Crippen molar-refractivity contribution in [3.05, 3.63) is 0 Å². The molecule has 1 aliphatic rings. The van der Waals surface area contributed by atoms with E-state index in [2.05, 4.69) is 15.5 Å². The summed E-state index contributed by atoms with van der Waals surface area (Å²) >= 11 is 0. The second-order valence-corrected chi connectivity index (χ2v) is 5.07. The number of amides is 2. The smallest absolute Gasteiger partial charge is 0.326 e. The van der Waals surface area contributed by atoms with Crippen molar-refractivity contribution in [2.75, 3.05) is 20.1 Å². The second-order valence-electron chi connectivity index (χ2n) is 5.07. The van der Waals surface area contributed by atoms with Crippen molar-refractivity contribution in [3.8, 4) is 0 Å². The fraction of sp³-hybridized carbons (Fsp3) is 0.833. The highest BCUT2D eigenvalue weighted by Crippen LogP contribution is 2.09. The first-order valence-electron chi connectivity index (χ1n) is 6.42. The van der Waals surface area contributed by atoms with Gasteiger partial charge in [0.1, 0.15) is 6.04 Å². The Morgan fingerprint density at radius 3 is 2.61 bits per heavy atom. The lowest BCUT2D eigenvalue weighted by atomic mass is 9.99. The molecule has 1 saturated heterocycles. The van der Waals surface area contributed by atoms with Gasteiger partial charge in [-0.1, -0.05) is 20.3 Å². The molecule has 0 aromatic carbocycles. The summed E-state index contributed by atoms with van der Waals surface area (Å²) in [6.07, 6.45) is 1.62. The van der Waals surface area contributed by atoms with Crippen molar-refractivity contribution in [1.29, 1.82) is 0 Å². The molecular weight excluding hydrogens is 234 g/mol. The van der Waals surface area contributed by atoms with Gasteiger partial charge < -0.3 is 20.6 Å². The molecule has 1 fully saturated rings. The minimum atomic E-state index is -0.983. The molecule has 6 nitrogen and oxygen atoms in total. The van der Waals surface area contributed by atoms with Crippen LogP contribution >= 0.6 is 0 Å². The molecule has 3 atom stereocenters.